The Hall–Kier alpha value is -0.860. The molecular weight excluding hydrogens is 184 g/mol. The molecule has 2 nitrogen and oxygen atoms in total. The number of fused-ring (bicyclic) bond motifs is 1. The molecule has 0 fully saturated rings. The molecule has 0 spiro atoms. The average molecular weight is 204 g/mol. The molecule has 0 atom stereocenters. The zero-order valence-corrected chi connectivity index (χ0v) is 9.42. The Morgan fingerprint density at radius 2 is 1.80 bits per heavy atom. The van der Waals surface area contributed by atoms with Crippen LogP contribution < -0.4 is 10.6 Å². The fourth-order valence-corrected chi connectivity index (χ4v) is 2.31. The summed E-state index contributed by atoms with van der Waals surface area (Å²) in [7, 11) is 1.99. The number of hydrogen-bond donors (Lipinski definition) is 2. The molecule has 0 radical (unpaired) electrons. The predicted octanol–water partition coefficient (Wildman–Crippen LogP) is 1.21. The van der Waals surface area contributed by atoms with Crippen LogP contribution in [-0.4, -0.2) is 26.7 Å². The molecular formula is C13H20N2. The van der Waals surface area contributed by atoms with Crippen molar-refractivity contribution in [3.8, 4) is 0 Å². The van der Waals surface area contributed by atoms with Gasteiger partial charge in [0.05, 0.1) is 0 Å². The monoisotopic (exact) mass is 204 g/mol. The van der Waals surface area contributed by atoms with Crippen LogP contribution in [0, 0.1) is 5.92 Å². The second-order valence-corrected chi connectivity index (χ2v) is 4.35. The van der Waals surface area contributed by atoms with Crippen molar-refractivity contribution in [2.24, 2.45) is 5.92 Å². The van der Waals surface area contributed by atoms with Gasteiger partial charge in [0.1, 0.15) is 0 Å². The summed E-state index contributed by atoms with van der Waals surface area (Å²) in [6, 6.07) is 8.83. The normalized spacial score (nSPS) is 15.5. The number of nitrogens with one attached hydrogen (secondary N) is 2. The van der Waals surface area contributed by atoms with Crippen LogP contribution in [0.5, 0.6) is 0 Å². The van der Waals surface area contributed by atoms with Crippen LogP contribution >= 0.6 is 0 Å². The SMILES string of the molecule is CNCCNCC1Cc2ccccc2C1. The van der Waals surface area contributed by atoms with E-state index in [1.165, 1.54) is 12.8 Å². The van der Waals surface area contributed by atoms with E-state index < -0.39 is 0 Å². The molecule has 15 heavy (non-hydrogen) atoms. The van der Waals surface area contributed by atoms with Gasteiger partial charge in [-0.2, -0.15) is 0 Å². The molecule has 2 heteroatoms. The fourth-order valence-electron chi connectivity index (χ4n) is 2.31. The highest BCUT2D eigenvalue weighted by Crippen LogP contribution is 2.25. The summed E-state index contributed by atoms with van der Waals surface area (Å²) in [6.45, 7) is 3.28. The van der Waals surface area contributed by atoms with Crippen molar-refractivity contribution in [1.29, 1.82) is 0 Å². The van der Waals surface area contributed by atoms with Crippen molar-refractivity contribution in [3.63, 3.8) is 0 Å². The van der Waals surface area contributed by atoms with Crippen molar-refractivity contribution in [3.05, 3.63) is 35.4 Å². The van der Waals surface area contributed by atoms with Gasteiger partial charge >= 0.3 is 0 Å². The van der Waals surface area contributed by atoms with Gasteiger partial charge in [0, 0.05) is 13.1 Å². The summed E-state index contributed by atoms with van der Waals surface area (Å²) < 4.78 is 0. The fraction of sp³-hybridized carbons (Fsp3) is 0.538. The lowest BCUT2D eigenvalue weighted by Crippen LogP contribution is -2.29. The van der Waals surface area contributed by atoms with Gasteiger partial charge in [0.25, 0.3) is 0 Å². The Kier molecular flexibility index (Phi) is 3.75. The molecule has 0 aliphatic heterocycles. The molecule has 1 aliphatic rings. The smallest absolute Gasteiger partial charge is 0.00767 e. The third-order valence-electron chi connectivity index (χ3n) is 3.12. The standard InChI is InChI=1S/C13H20N2/c1-14-6-7-15-10-11-8-12-4-2-3-5-13(12)9-11/h2-5,11,14-15H,6-10H2,1H3. The highest BCUT2D eigenvalue weighted by Gasteiger charge is 2.19. The number of rotatable bonds is 5. The second kappa shape index (κ2) is 5.29. The lowest BCUT2D eigenvalue weighted by atomic mass is 10.1. The van der Waals surface area contributed by atoms with Gasteiger partial charge in [-0.05, 0) is 43.5 Å². The highest BCUT2D eigenvalue weighted by molar-refractivity contribution is 5.32. The minimum atomic E-state index is 0.805. The molecule has 0 saturated carbocycles. The molecule has 0 bridgehead atoms. The van der Waals surface area contributed by atoms with Gasteiger partial charge in [-0.15, -0.1) is 0 Å². The Bertz CT molecular complexity index is 284. The first-order chi connectivity index (χ1) is 7.40. The molecule has 1 aromatic carbocycles. The molecule has 2 rings (SSSR count). The van der Waals surface area contributed by atoms with Gasteiger partial charge in [0.2, 0.25) is 0 Å². The van der Waals surface area contributed by atoms with Crippen LogP contribution in [0.15, 0.2) is 24.3 Å². The summed E-state index contributed by atoms with van der Waals surface area (Å²) in [4.78, 5) is 0. The topological polar surface area (TPSA) is 24.1 Å². The summed E-state index contributed by atoms with van der Waals surface area (Å²) in [5.41, 5.74) is 3.11. The van der Waals surface area contributed by atoms with Gasteiger partial charge < -0.3 is 10.6 Å². The maximum Gasteiger partial charge on any atom is 0.00767 e. The zero-order chi connectivity index (χ0) is 10.5. The van der Waals surface area contributed by atoms with Crippen molar-refractivity contribution in [2.75, 3.05) is 26.7 Å². The highest BCUT2D eigenvalue weighted by atomic mass is 14.9. The van der Waals surface area contributed by atoms with Gasteiger partial charge in [-0.1, -0.05) is 24.3 Å². The minimum absolute atomic E-state index is 0.805. The number of likely N-dealkylation sites (N-methyl/N-ethyl adjacent to an activating group) is 1. The molecule has 1 aromatic rings. The first-order valence-corrected chi connectivity index (χ1v) is 5.82. The van der Waals surface area contributed by atoms with Crippen LogP contribution in [0.2, 0.25) is 0 Å². The third-order valence-corrected chi connectivity index (χ3v) is 3.12. The maximum absolute atomic E-state index is 3.50. The van der Waals surface area contributed by atoms with E-state index in [0.29, 0.717) is 0 Å². The molecule has 2 N–H and O–H groups in total. The lowest BCUT2D eigenvalue weighted by Gasteiger charge is -2.10. The predicted molar refractivity (Wildman–Crippen MR) is 64.1 cm³/mol. The Morgan fingerprint density at radius 3 is 2.40 bits per heavy atom. The lowest BCUT2D eigenvalue weighted by molar-refractivity contribution is 0.496. The number of benzene rings is 1. The summed E-state index contributed by atoms with van der Waals surface area (Å²) >= 11 is 0. The van der Waals surface area contributed by atoms with Crippen molar-refractivity contribution >= 4 is 0 Å². The average Bonchev–Trinajstić information content (AvgIpc) is 2.67. The van der Waals surface area contributed by atoms with E-state index in [-0.39, 0.29) is 0 Å². The number of hydrogen-bond acceptors (Lipinski definition) is 2. The van der Waals surface area contributed by atoms with Crippen molar-refractivity contribution in [1.82, 2.24) is 10.6 Å². The zero-order valence-electron chi connectivity index (χ0n) is 9.42. The van der Waals surface area contributed by atoms with Crippen LogP contribution in [0.1, 0.15) is 11.1 Å². The summed E-state index contributed by atoms with van der Waals surface area (Å²) in [6.07, 6.45) is 2.51. The Morgan fingerprint density at radius 1 is 1.13 bits per heavy atom. The largest absolute Gasteiger partial charge is 0.318 e. The molecule has 0 amide bonds. The van der Waals surface area contributed by atoms with Crippen LogP contribution in [0.4, 0.5) is 0 Å². The van der Waals surface area contributed by atoms with Crippen LogP contribution in [0.25, 0.3) is 0 Å². The summed E-state index contributed by atoms with van der Waals surface area (Å²) in [5, 5.41) is 6.65. The molecule has 0 saturated heterocycles. The molecule has 0 heterocycles. The van der Waals surface area contributed by atoms with Gasteiger partial charge in [0.15, 0.2) is 0 Å². The first-order valence-electron chi connectivity index (χ1n) is 5.82. The van der Waals surface area contributed by atoms with E-state index in [1.807, 2.05) is 7.05 Å². The van der Waals surface area contributed by atoms with Crippen molar-refractivity contribution < 1.29 is 0 Å². The third kappa shape index (κ3) is 2.80. The molecule has 82 valence electrons. The van der Waals surface area contributed by atoms with Gasteiger partial charge in [-0.3, -0.25) is 0 Å². The van der Waals surface area contributed by atoms with Gasteiger partial charge in [-0.25, -0.2) is 0 Å². The second-order valence-electron chi connectivity index (χ2n) is 4.35. The van der Waals surface area contributed by atoms with Crippen LogP contribution in [-0.2, 0) is 12.8 Å². The van der Waals surface area contributed by atoms with E-state index in [0.717, 1.165) is 25.6 Å². The summed E-state index contributed by atoms with van der Waals surface area (Å²) in [5.74, 6) is 0.805. The first kappa shape index (κ1) is 10.7. The van der Waals surface area contributed by atoms with E-state index in [9.17, 15) is 0 Å². The van der Waals surface area contributed by atoms with E-state index >= 15 is 0 Å². The van der Waals surface area contributed by atoms with Crippen molar-refractivity contribution in [2.45, 2.75) is 12.8 Å². The van der Waals surface area contributed by atoms with E-state index in [2.05, 4.69) is 34.9 Å². The Labute approximate surface area is 92.1 Å². The minimum Gasteiger partial charge on any atom is -0.318 e. The quantitative estimate of drug-likeness (QED) is 0.705. The van der Waals surface area contributed by atoms with E-state index in [4.69, 9.17) is 0 Å². The molecule has 0 unspecified atom stereocenters. The van der Waals surface area contributed by atoms with E-state index in [1.54, 1.807) is 11.1 Å². The molecule has 0 aromatic heterocycles. The molecule has 1 aliphatic carbocycles. The maximum atomic E-state index is 3.50. The Balaban J connectivity index is 1.76. The van der Waals surface area contributed by atoms with Crippen LogP contribution in [0.3, 0.4) is 0 Å².